The molecule has 0 unspecified atom stereocenters. The van der Waals surface area contributed by atoms with Crippen LogP contribution in [0.1, 0.15) is 16.1 Å². The summed E-state index contributed by atoms with van der Waals surface area (Å²) in [5, 5.41) is 10.2. The largest absolute Gasteiger partial charge is 0.481 e. The van der Waals surface area contributed by atoms with Crippen LogP contribution in [-0.4, -0.2) is 22.7 Å². The Morgan fingerprint density at radius 1 is 1.19 bits per heavy atom. The Kier molecular flexibility index (Phi) is 6.16. The van der Waals surface area contributed by atoms with Crippen LogP contribution in [-0.2, 0) is 16.7 Å². The van der Waals surface area contributed by atoms with Gasteiger partial charge in [-0.3, -0.25) is 0 Å². The average molecular weight is 480 g/mol. The smallest absolute Gasteiger partial charge is 0.416 e. The lowest BCUT2D eigenvalue weighted by Gasteiger charge is -2.07. The van der Waals surface area contributed by atoms with Crippen LogP contribution in [0.2, 0.25) is 0 Å². The highest BCUT2D eigenvalue weighted by Gasteiger charge is 2.30. The topological polar surface area (TPSA) is 72.6 Å². The van der Waals surface area contributed by atoms with Crippen molar-refractivity contribution in [2.75, 3.05) is 6.61 Å². The summed E-state index contributed by atoms with van der Waals surface area (Å²) in [6.07, 6.45) is -2.85. The lowest BCUT2D eigenvalue weighted by Crippen LogP contribution is -2.09. The molecule has 0 spiro atoms. The van der Waals surface area contributed by atoms with E-state index in [2.05, 4.69) is 4.98 Å². The molecule has 0 radical (unpaired) electrons. The van der Waals surface area contributed by atoms with E-state index in [1.54, 1.807) is 18.2 Å². The van der Waals surface area contributed by atoms with Gasteiger partial charge in [0.1, 0.15) is 10.8 Å². The van der Waals surface area contributed by atoms with Gasteiger partial charge in [-0.1, -0.05) is 12.1 Å². The van der Waals surface area contributed by atoms with Crippen molar-refractivity contribution in [2.45, 2.75) is 23.7 Å². The summed E-state index contributed by atoms with van der Waals surface area (Å²) in [6, 6.07) is 10.2. The zero-order valence-electron chi connectivity index (χ0n) is 16.6. The molecular weight excluding hydrogens is 463 g/mol. The molecule has 4 aromatic rings. The fourth-order valence-electron chi connectivity index (χ4n) is 3.02. The fraction of sp³-hybridized carbons (Fsp3) is 0.182. The van der Waals surface area contributed by atoms with Crippen LogP contribution >= 0.6 is 23.1 Å². The molecule has 32 heavy (non-hydrogen) atoms. The zero-order valence-corrected chi connectivity index (χ0v) is 18.2. The first-order valence-corrected chi connectivity index (χ1v) is 11.1. The molecule has 4 rings (SSSR count). The van der Waals surface area contributed by atoms with Crippen LogP contribution < -0.4 is 4.74 Å². The van der Waals surface area contributed by atoms with E-state index in [1.165, 1.54) is 41.5 Å². The van der Waals surface area contributed by atoms with E-state index in [-0.39, 0.29) is 0 Å². The number of aliphatic carboxylic acids is 1. The molecule has 5 nitrogen and oxygen atoms in total. The maximum absolute atomic E-state index is 12.8. The van der Waals surface area contributed by atoms with Crippen molar-refractivity contribution in [1.29, 1.82) is 0 Å². The van der Waals surface area contributed by atoms with Crippen LogP contribution in [0.25, 0.3) is 21.5 Å². The number of hydrogen-bond donors (Lipinski definition) is 1. The van der Waals surface area contributed by atoms with Gasteiger partial charge in [0, 0.05) is 16.2 Å². The van der Waals surface area contributed by atoms with E-state index in [0.717, 1.165) is 27.6 Å². The number of thioether (sulfide) groups is 1. The number of thiazole rings is 1. The van der Waals surface area contributed by atoms with Gasteiger partial charge in [0.25, 0.3) is 0 Å². The summed E-state index contributed by atoms with van der Waals surface area (Å²) in [7, 11) is 0. The SMILES string of the molecule is Cc1nc(-c2ccc(C(F)(F)F)cc2)sc1CSc1ccc(OCC(=O)O)c2ccoc12. The number of carboxylic acids is 1. The first-order valence-electron chi connectivity index (χ1n) is 9.34. The van der Waals surface area contributed by atoms with E-state index >= 15 is 0 Å². The van der Waals surface area contributed by atoms with E-state index in [0.29, 0.717) is 33.0 Å². The number of aryl methyl sites for hydroxylation is 1. The van der Waals surface area contributed by atoms with Gasteiger partial charge in [-0.15, -0.1) is 23.1 Å². The maximum atomic E-state index is 12.8. The Hall–Kier alpha value is -2.98. The number of carboxylic acid groups (broad SMARTS) is 1. The van der Waals surface area contributed by atoms with Gasteiger partial charge in [0.15, 0.2) is 12.2 Å². The van der Waals surface area contributed by atoms with Crippen molar-refractivity contribution < 1.29 is 32.2 Å². The number of carbonyl (C=O) groups is 1. The number of rotatable bonds is 7. The Balaban J connectivity index is 1.51. The molecule has 166 valence electrons. The molecule has 0 aliphatic rings. The monoisotopic (exact) mass is 479 g/mol. The Morgan fingerprint density at radius 2 is 1.94 bits per heavy atom. The molecule has 0 aliphatic carbocycles. The van der Waals surface area contributed by atoms with Gasteiger partial charge in [0.05, 0.1) is 27.8 Å². The number of benzene rings is 2. The number of furan rings is 1. The van der Waals surface area contributed by atoms with Crippen molar-refractivity contribution in [3.63, 3.8) is 0 Å². The molecule has 2 aromatic carbocycles. The molecular formula is C22H16F3NO4S2. The van der Waals surface area contributed by atoms with Crippen molar-refractivity contribution >= 4 is 40.0 Å². The average Bonchev–Trinajstić information content (AvgIpc) is 3.38. The Bertz CT molecular complexity index is 1260. The molecule has 2 heterocycles. The fourth-order valence-corrected chi connectivity index (χ4v) is 5.25. The first kappa shape index (κ1) is 22.2. The number of fused-ring (bicyclic) bond motifs is 1. The molecule has 0 saturated carbocycles. The van der Waals surface area contributed by atoms with Crippen LogP contribution in [0.5, 0.6) is 5.75 Å². The van der Waals surface area contributed by atoms with E-state index in [9.17, 15) is 18.0 Å². The lowest BCUT2D eigenvalue weighted by atomic mass is 10.1. The normalized spacial score (nSPS) is 11.8. The second kappa shape index (κ2) is 8.87. The van der Waals surface area contributed by atoms with Gasteiger partial charge in [-0.05, 0) is 37.3 Å². The van der Waals surface area contributed by atoms with Gasteiger partial charge in [-0.2, -0.15) is 13.2 Å². The highest BCUT2D eigenvalue weighted by atomic mass is 32.2. The molecule has 0 bridgehead atoms. The first-order chi connectivity index (χ1) is 15.2. The number of ether oxygens (including phenoxy) is 1. The quantitative estimate of drug-likeness (QED) is 0.300. The van der Waals surface area contributed by atoms with Gasteiger partial charge >= 0.3 is 12.1 Å². The predicted octanol–water partition coefficient (Wildman–Crippen LogP) is 6.64. The molecule has 0 amide bonds. The van der Waals surface area contributed by atoms with E-state index < -0.39 is 24.3 Å². The van der Waals surface area contributed by atoms with Crippen molar-refractivity contribution in [3.8, 4) is 16.3 Å². The van der Waals surface area contributed by atoms with Gasteiger partial charge in [-0.25, -0.2) is 9.78 Å². The minimum absolute atomic E-state index is 0.430. The molecule has 0 aliphatic heterocycles. The van der Waals surface area contributed by atoms with Crippen LogP contribution in [0, 0.1) is 6.92 Å². The maximum Gasteiger partial charge on any atom is 0.416 e. The third kappa shape index (κ3) is 4.76. The third-order valence-electron chi connectivity index (χ3n) is 4.60. The Labute approximate surface area is 188 Å². The summed E-state index contributed by atoms with van der Waals surface area (Å²) in [5.41, 5.74) is 1.36. The summed E-state index contributed by atoms with van der Waals surface area (Å²) in [5.74, 6) is -0.0430. The number of nitrogens with zero attached hydrogens (tertiary/aromatic N) is 1. The van der Waals surface area contributed by atoms with Crippen LogP contribution in [0.4, 0.5) is 13.2 Å². The third-order valence-corrected chi connectivity index (χ3v) is 7.06. The Morgan fingerprint density at radius 3 is 2.62 bits per heavy atom. The number of alkyl halides is 3. The number of hydrogen-bond acceptors (Lipinski definition) is 6. The summed E-state index contributed by atoms with van der Waals surface area (Å²) < 4.78 is 49.2. The number of halogens is 3. The van der Waals surface area contributed by atoms with E-state index in [4.69, 9.17) is 14.3 Å². The molecule has 2 aromatic heterocycles. The van der Waals surface area contributed by atoms with Crippen molar-refractivity contribution in [3.05, 3.63) is 64.9 Å². The van der Waals surface area contributed by atoms with Crippen LogP contribution in [0.15, 0.2) is 58.0 Å². The molecule has 1 N–H and O–H groups in total. The standard InChI is InChI=1S/C22H16F3NO4S2/c1-12-18(32-21(26-12)13-2-4-14(5-3-13)22(23,24)25)11-31-17-7-6-16(30-10-19(27)28)15-8-9-29-20(15)17/h2-9H,10-11H2,1H3,(H,27,28). The van der Waals surface area contributed by atoms with Gasteiger partial charge in [0.2, 0.25) is 0 Å². The van der Waals surface area contributed by atoms with Crippen LogP contribution in [0.3, 0.4) is 0 Å². The van der Waals surface area contributed by atoms with E-state index in [1.807, 2.05) is 6.92 Å². The number of aromatic nitrogens is 1. The summed E-state index contributed by atoms with van der Waals surface area (Å²) in [4.78, 5) is 17.1. The highest BCUT2D eigenvalue weighted by molar-refractivity contribution is 7.98. The summed E-state index contributed by atoms with van der Waals surface area (Å²) >= 11 is 2.96. The second-order valence-electron chi connectivity index (χ2n) is 6.80. The molecule has 10 heteroatoms. The lowest BCUT2D eigenvalue weighted by molar-refractivity contribution is -0.139. The zero-order chi connectivity index (χ0) is 22.9. The molecule has 0 saturated heterocycles. The second-order valence-corrected chi connectivity index (χ2v) is 8.90. The molecule has 0 atom stereocenters. The predicted molar refractivity (Wildman–Crippen MR) is 116 cm³/mol. The molecule has 0 fully saturated rings. The van der Waals surface area contributed by atoms with Gasteiger partial charge < -0.3 is 14.3 Å². The minimum atomic E-state index is -4.37. The van der Waals surface area contributed by atoms with Crippen molar-refractivity contribution in [1.82, 2.24) is 4.98 Å². The minimum Gasteiger partial charge on any atom is -0.481 e. The van der Waals surface area contributed by atoms with Crippen molar-refractivity contribution in [2.24, 2.45) is 0 Å². The highest BCUT2D eigenvalue weighted by Crippen LogP contribution is 2.39. The summed E-state index contributed by atoms with van der Waals surface area (Å²) in [6.45, 7) is 1.42.